The maximum absolute atomic E-state index is 16.2. The van der Waals surface area contributed by atoms with E-state index in [0.29, 0.717) is 24.3 Å². The van der Waals surface area contributed by atoms with Crippen LogP contribution in [0.5, 0.6) is 0 Å². The van der Waals surface area contributed by atoms with Crippen molar-refractivity contribution in [2.45, 2.75) is 20.0 Å². The lowest BCUT2D eigenvalue weighted by Gasteiger charge is -2.20. The summed E-state index contributed by atoms with van der Waals surface area (Å²) < 4.78 is 19.1. The third-order valence-electron chi connectivity index (χ3n) is 6.42. The molecule has 5 aromatic rings. The summed E-state index contributed by atoms with van der Waals surface area (Å²) in [5.74, 6) is -0.448. The SMILES string of the molecule is CCN(C)Cc1c(-c2ccccc2)ccc(-n2cnc3ncn(-c4cccc(CN)c4)c3c2=O)c1F. The summed E-state index contributed by atoms with van der Waals surface area (Å²) in [4.78, 5) is 24.4. The van der Waals surface area contributed by atoms with Crippen molar-refractivity contribution in [3.63, 3.8) is 0 Å². The molecule has 182 valence electrons. The number of aromatic nitrogens is 4. The standard InChI is InChI=1S/C28H27FN6O/c1-3-33(2)16-23-22(20-9-5-4-6-10-20)12-13-24(25(23)29)35-18-32-27-26(28(35)36)34(17-31-27)21-11-7-8-19(14-21)15-30/h4-14,17-18H,3,15-16,30H2,1-2H3. The van der Waals surface area contributed by atoms with Gasteiger partial charge in [-0.3, -0.25) is 13.9 Å². The van der Waals surface area contributed by atoms with Crippen LogP contribution >= 0.6 is 0 Å². The molecule has 36 heavy (non-hydrogen) atoms. The molecule has 0 aliphatic carbocycles. The Hall–Kier alpha value is -4.14. The molecule has 0 bridgehead atoms. The molecule has 0 radical (unpaired) electrons. The van der Waals surface area contributed by atoms with Crippen LogP contribution in [0.25, 0.3) is 33.7 Å². The van der Waals surface area contributed by atoms with Crippen LogP contribution in [-0.4, -0.2) is 37.6 Å². The normalized spacial score (nSPS) is 11.5. The first kappa shape index (κ1) is 23.6. The molecule has 0 aliphatic heterocycles. The Balaban J connectivity index is 1.70. The average molecular weight is 483 g/mol. The zero-order chi connectivity index (χ0) is 25.2. The molecule has 0 aliphatic rings. The molecular weight excluding hydrogens is 455 g/mol. The monoisotopic (exact) mass is 482 g/mol. The van der Waals surface area contributed by atoms with Gasteiger partial charge in [-0.1, -0.05) is 55.5 Å². The zero-order valence-electron chi connectivity index (χ0n) is 20.2. The Kier molecular flexibility index (Phi) is 6.45. The van der Waals surface area contributed by atoms with Gasteiger partial charge in [-0.05, 0) is 48.5 Å². The van der Waals surface area contributed by atoms with E-state index in [-0.39, 0.29) is 11.2 Å². The second kappa shape index (κ2) is 9.85. The Labute approximate surface area is 208 Å². The summed E-state index contributed by atoms with van der Waals surface area (Å²) in [5.41, 5.74) is 10.0. The number of nitrogens with two attached hydrogens (primary N) is 1. The number of benzene rings is 3. The summed E-state index contributed by atoms with van der Waals surface area (Å²) in [5, 5.41) is 0. The molecule has 3 aromatic carbocycles. The van der Waals surface area contributed by atoms with E-state index in [1.807, 2.05) is 79.5 Å². The molecule has 7 nitrogen and oxygen atoms in total. The van der Waals surface area contributed by atoms with Crippen molar-refractivity contribution in [2.24, 2.45) is 5.73 Å². The lowest BCUT2D eigenvalue weighted by Crippen LogP contribution is -2.23. The van der Waals surface area contributed by atoms with Crippen LogP contribution < -0.4 is 11.3 Å². The summed E-state index contributed by atoms with van der Waals surface area (Å²) in [7, 11) is 1.94. The number of halogens is 1. The minimum atomic E-state index is -0.448. The van der Waals surface area contributed by atoms with Gasteiger partial charge in [0.2, 0.25) is 0 Å². The minimum absolute atomic E-state index is 0.150. The van der Waals surface area contributed by atoms with Gasteiger partial charge in [0.15, 0.2) is 17.0 Å². The average Bonchev–Trinajstić information content (AvgIpc) is 3.36. The van der Waals surface area contributed by atoms with Crippen LogP contribution in [0.4, 0.5) is 4.39 Å². The summed E-state index contributed by atoms with van der Waals surface area (Å²) >= 11 is 0. The molecular formula is C28H27FN6O. The van der Waals surface area contributed by atoms with Crippen molar-refractivity contribution >= 4 is 11.2 Å². The van der Waals surface area contributed by atoms with E-state index >= 15 is 4.39 Å². The predicted octanol–water partition coefficient (Wildman–Crippen LogP) is 4.29. The van der Waals surface area contributed by atoms with Gasteiger partial charge < -0.3 is 10.6 Å². The highest BCUT2D eigenvalue weighted by Gasteiger charge is 2.20. The van der Waals surface area contributed by atoms with Crippen LogP contribution in [0.3, 0.4) is 0 Å². The van der Waals surface area contributed by atoms with E-state index < -0.39 is 11.4 Å². The van der Waals surface area contributed by atoms with Crippen molar-refractivity contribution in [3.05, 3.63) is 107 Å². The first-order chi connectivity index (χ1) is 17.5. The van der Waals surface area contributed by atoms with Crippen LogP contribution in [0.1, 0.15) is 18.1 Å². The quantitative estimate of drug-likeness (QED) is 0.374. The van der Waals surface area contributed by atoms with Gasteiger partial charge in [0.05, 0.1) is 5.69 Å². The number of fused-ring (bicyclic) bond motifs is 1. The molecule has 2 heterocycles. The van der Waals surface area contributed by atoms with Crippen LogP contribution in [0.2, 0.25) is 0 Å². The maximum atomic E-state index is 16.2. The van der Waals surface area contributed by atoms with Gasteiger partial charge >= 0.3 is 0 Å². The Morgan fingerprint density at radius 3 is 2.44 bits per heavy atom. The molecule has 0 amide bonds. The fourth-order valence-corrected chi connectivity index (χ4v) is 4.33. The number of hydrogen-bond donors (Lipinski definition) is 1. The second-order valence-corrected chi connectivity index (χ2v) is 8.70. The first-order valence-corrected chi connectivity index (χ1v) is 11.8. The smallest absolute Gasteiger partial charge is 0.284 e. The zero-order valence-corrected chi connectivity index (χ0v) is 20.2. The van der Waals surface area contributed by atoms with Crippen LogP contribution in [0.15, 0.2) is 84.2 Å². The van der Waals surface area contributed by atoms with E-state index in [4.69, 9.17) is 5.73 Å². The molecule has 0 fully saturated rings. The fraction of sp³-hybridized carbons (Fsp3) is 0.179. The highest BCUT2D eigenvalue weighted by atomic mass is 19.1. The third kappa shape index (κ3) is 4.21. The van der Waals surface area contributed by atoms with Gasteiger partial charge in [-0.15, -0.1) is 0 Å². The highest BCUT2D eigenvalue weighted by molar-refractivity contribution is 5.73. The van der Waals surface area contributed by atoms with Crippen molar-refractivity contribution in [1.29, 1.82) is 0 Å². The Morgan fingerprint density at radius 2 is 1.72 bits per heavy atom. The molecule has 2 aromatic heterocycles. The maximum Gasteiger partial charge on any atom is 0.284 e. The van der Waals surface area contributed by atoms with E-state index in [1.54, 1.807) is 17.0 Å². The predicted molar refractivity (Wildman–Crippen MR) is 140 cm³/mol. The summed E-state index contributed by atoms with van der Waals surface area (Å²) in [6, 6.07) is 20.7. The summed E-state index contributed by atoms with van der Waals surface area (Å²) in [6.45, 7) is 3.55. The topological polar surface area (TPSA) is 82.0 Å². The van der Waals surface area contributed by atoms with Gasteiger partial charge in [0, 0.05) is 24.3 Å². The van der Waals surface area contributed by atoms with Gasteiger partial charge in [-0.2, -0.15) is 0 Å². The molecule has 0 saturated heterocycles. The van der Waals surface area contributed by atoms with Gasteiger partial charge in [0.25, 0.3) is 5.56 Å². The molecule has 0 atom stereocenters. The molecule has 5 rings (SSSR count). The van der Waals surface area contributed by atoms with Crippen LogP contribution in [0, 0.1) is 5.82 Å². The third-order valence-corrected chi connectivity index (χ3v) is 6.42. The molecule has 0 spiro atoms. The highest BCUT2D eigenvalue weighted by Crippen LogP contribution is 2.30. The largest absolute Gasteiger partial charge is 0.326 e. The lowest BCUT2D eigenvalue weighted by atomic mass is 9.98. The van der Waals surface area contributed by atoms with E-state index in [9.17, 15) is 4.79 Å². The lowest BCUT2D eigenvalue weighted by molar-refractivity contribution is 0.339. The molecule has 0 unspecified atom stereocenters. The summed E-state index contributed by atoms with van der Waals surface area (Å²) in [6.07, 6.45) is 2.89. The van der Waals surface area contributed by atoms with Gasteiger partial charge in [0.1, 0.15) is 12.7 Å². The van der Waals surface area contributed by atoms with Crippen molar-refractivity contribution in [1.82, 2.24) is 24.0 Å². The molecule has 0 saturated carbocycles. The van der Waals surface area contributed by atoms with E-state index in [2.05, 4.69) is 9.97 Å². The van der Waals surface area contributed by atoms with Crippen molar-refractivity contribution < 1.29 is 4.39 Å². The molecule has 8 heteroatoms. The van der Waals surface area contributed by atoms with Gasteiger partial charge in [-0.25, -0.2) is 14.4 Å². The number of rotatable bonds is 7. The Morgan fingerprint density at radius 1 is 0.972 bits per heavy atom. The number of hydrogen-bond acceptors (Lipinski definition) is 5. The van der Waals surface area contributed by atoms with Crippen molar-refractivity contribution in [3.8, 4) is 22.5 Å². The number of nitrogens with zero attached hydrogens (tertiary/aromatic N) is 5. The van der Waals surface area contributed by atoms with E-state index in [1.165, 1.54) is 10.9 Å². The minimum Gasteiger partial charge on any atom is -0.326 e. The first-order valence-electron chi connectivity index (χ1n) is 11.8. The fourth-order valence-electron chi connectivity index (χ4n) is 4.33. The second-order valence-electron chi connectivity index (χ2n) is 8.70. The van der Waals surface area contributed by atoms with Crippen LogP contribution in [-0.2, 0) is 13.1 Å². The Bertz CT molecular complexity index is 1590. The van der Waals surface area contributed by atoms with E-state index in [0.717, 1.165) is 28.9 Å². The number of imidazole rings is 1. The molecule has 2 N–H and O–H groups in total. The van der Waals surface area contributed by atoms with Crippen molar-refractivity contribution in [2.75, 3.05) is 13.6 Å².